The van der Waals surface area contributed by atoms with E-state index in [1.807, 2.05) is 0 Å². The summed E-state index contributed by atoms with van der Waals surface area (Å²) in [6.45, 7) is -0.0258. The van der Waals surface area contributed by atoms with E-state index in [1.165, 1.54) is 0 Å². The first kappa shape index (κ1) is 9.85. The van der Waals surface area contributed by atoms with Crippen molar-refractivity contribution in [3.05, 3.63) is 0 Å². The average Bonchev–Trinajstić information content (AvgIpc) is 2.08. The molecule has 1 aliphatic rings. The lowest BCUT2D eigenvalue weighted by molar-refractivity contribution is -0.279. The highest BCUT2D eigenvalue weighted by atomic mass is 16.6. The van der Waals surface area contributed by atoms with E-state index in [0.717, 1.165) is 0 Å². The Labute approximate surface area is 69.2 Å². The van der Waals surface area contributed by atoms with Crippen LogP contribution in [0.5, 0.6) is 0 Å². The smallest absolute Gasteiger partial charge is 0.184 e. The van der Waals surface area contributed by atoms with Crippen LogP contribution in [0.3, 0.4) is 0 Å². The first-order valence-corrected chi connectivity index (χ1v) is 3.65. The largest absolute Gasteiger partial charge is 0.388 e. The molecule has 72 valence electrons. The molecular formula is C6H13NO5. The highest BCUT2D eigenvalue weighted by molar-refractivity contribution is 4.88. The van der Waals surface area contributed by atoms with Crippen molar-refractivity contribution >= 4 is 0 Å². The number of aliphatic hydroxyl groups is 4. The summed E-state index contributed by atoms with van der Waals surface area (Å²) < 4.78 is 4.70. The minimum atomic E-state index is -1.49. The Morgan fingerprint density at radius 2 is 1.58 bits per heavy atom. The van der Waals surface area contributed by atoms with Crippen molar-refractivity contribution in [1.82, 2.24) is 0 Å². The number of hydrogen-bond donors (Lipinski definition) is 5. The zero-order valence-corrected chi connectivity index (χ0v) is 6.37. The first-order valence-electron chi connectivity index (χ1n) is 3.65. The number of aliphatic hydroxyl groups excluding tert-OH is 4. The van der Waals surface area contributed by atoms with Gasteiger partial charge < -0.3 is 30.9 Å². The van der Waals surface area contributed by atoms with Gasteiger partial charge in [0.2, 0.25) is 0 Å². The highest BCUT2D eigenvalue weighted by Crippen LogP contribution is 2.18. The van der Waals surface area contributed by atoms with Crippen LogP contribution in [0, 0.1) is 0 Å². The summed E-state index contributed by atoms with van der Waals surface area (Å²) in [6.07, 6.45) is -6.48. The van der Waals surface area contributed by atoms with Gasteiger partial charge in [0.1, 0.15) is 24.4 Å². The third-order valence-corrected chi connectivity index (χ3v) is 1.92. The fourth-order valence-corrected chi connectivity index (χ4v) is 1.13. The summed E-state index contributed by atoms with van der Waals surface area (Å²) in [7, 11) is 0. The van der Waals surface area contributed by atoms with E-state index in [0.29, 0.717) is 0 Å². The first-order chi connectivity index (χ1) is 5.57. The lowest BCUT2D eigenvalue weighted by atomic mass is 9.99. The van der Waals surface area contributed by atoms with E-state index >= 15 is 0 Å². The van der Waals surface area contributed by atoms with Crippen LogP contribution in [0.15, 0.2) is 0 Å². The van der Waals surface area contributed by atoms with E-state index < -0.39 is 30.7 Å². The molecule has 6 nitrogen and oxygen atoms in total. The standard InChI is InChI=1S/C6H13NO5/c7-1-2-3(8)4(9)5(10)6(11)12-2/h2-6,8-11H,1,7H2/t2-,3+,4+,5-,6-/m1/s1. The summed E-state index contributed by atoms with van der Waals surface area (Å²) in [5, 5.41) is 36.3. The van der Waals surface area contributed by atoms with Gasteiger partial charge in [0.05, 0.1) is 0 Å². The van der Waals surface area contributed by atoms with Gasteiger partial charge in [0.25, 0.3) is 0 Å². The molecule has 0 aromatic carbocycles. The van der Waals surface area contributed by atoms with Crippen LogP contribution in [-0.2, 0) is 4.74 Å². The lowest BCUT2D eigenvalue weighted by Gasteiger charge is -2.37. The molecule has 1 fully saturated rings. The molecule has 1 saturated heterocycles. The van der Waals surface area contributed by atoms with Crippen LogP contribution in [-0.4, -0.2) is 57.7 Å². The van der Waals surface area contributed by atoms with Gasteiger partial charge >= 0.3 is 0 Å². The maximum atomic E-state index is 9.20. The van der Waals surface area contributed by atoms with Gasteiger partial charge in [-0.3, -0.25) is 0 Å². The Bertz CT molecular complexity index is 150. The topological polar surface area (TPSA) is 116 Å². The molecule has 0 aromatic heterocycles. The summed E-state index contributed by atoms with van der Waals surface area (Å²) in [5.41, 5.74) is 5.17. The minimum Gasteiger partial charge on any atom is -0.388 e. The van der Waals surface area contributed by atoms with Gasteiger partial charge in [0, 0.05) is 6.54 Å². The Balaban J connectivity index is 2.63. The molecule has 1 heterocycles. The van der Waals surface area contributed by atoms with E-state index in [2.05, 4.69) is 0 Å². The summed E-state index contributed by atoms with van der Waals surface area (Å²) >= 11 is 0. The van der Waals surface area contributed by atoms with Crippen LogP contribution >= 0.6 is 0 Å². The number of rotatable bonds is 1. The Kier molecular flexibility index (Phi) is 2.99. The second-order valence-electron chi connectivity index (χ2n) is 2.77. The second-order valence-corrected chi connectivity index (χ2v) is 2.77. The molecular weight excluding hydrogens is 166 g/mol. The molecule has 1 aliphatic heterocycles. The summed E-state index contributed by atoms with van der Waals surface area (Å²) in [5.74, 6) is 0. The zero-order chi connectivity index (χ0) is 9.30. The molecule has 0 radical (unpaired) electrons. The third kappa shape index (κ3) is 1.58. The highest BCUT2D eigenvalue weighted by Gasteiger charge is 2.42. The molecule has 1 rings (SSSR count). The molecule has 0 bridgehead atoms. The monoisotopic (exact) mass is 179 g/mol. The van der Waals surface area contributed by atoms with Gasteiger partial charge in [0.15, 0.2) is 6.29 Å². The van der Waals surface area contributed by atoms with Crippen molar-refractivity contribution in [2.24, 2.45) is 5.73 Å². The van der Waals surface area contributed by atoms with Gasteiger partial charge in [-0.2, -0.15) is 0 Å². The van der Waals surface area contributed by atoms with Crippen molar-refractivity contribution in [3.63, 3.8) is 0 Å². The van der Waals surface area contributed by atoms with Crippen molar-refractivity contribution in [2.75, 3.05) is 6.54 Å². The van der Waals surface area contributed by atoms with Crippen LogP contribution < -0.4 is 5.73 Å². The molecule has 0 aromatic rings. The van der Waals surface area contributed by atoms with E-state index in [-0.39, 0.29) is 6.54 Å². The van der Waals surface area contributed by atoms with Crippen LogP contribution in [0.25, 0.3) is 0 Å². The number of nitrogens with two attached hydrogens (primary N) is 1. The fourth-order valence-electron chi connectivity index (χ4n) is 1.13. The van der Waals surface area contributed by atoms with Gasteiger partial charge in [-0.05, 0) is 0 Å². The molecule has 0 aliphatic carbocycles. The van der Waals surface area contributed by atoms with Crippen molar-refractivity contribution in [2.45, 2.75) is 30.7 Å². The molecule has 0 saturated carbocycles. The predicted octanol–water partition coefficient (Wildman–Crippen LogP) is -3.25. The second kappa shape index (κ2) is 3.65. The summed E-state index contributed by atoms with van der Waals surface area (Å²) in [4.78, 5) is 0. The van der Waals surface area contributed by atoms with Crippen molar-refractivity contribution < 1.29 is 25.2 Å². The molecule has 6 heteroatoms. The van der Waals surface area contributed by atoms with Gasteiger partial charge in [-0.1, -0.05) is 0 Å². The normalized spacial score (nSPS) is 49.2. The van der Waals surface area contributed by atoms with E-state index in [4.69, 9.17) is 25.8 Å². The molecule has 0 unspecified atom stereocenters. The minimum absolute atomic E-state index is 0.0258. The quantitative estimate of drug-likeness (QED) is 0.288. The van der Waals surface area contributed by atoms with Crippen molar-refractivity contribution in [3.8, 4) is 0 Å². The SMILES string of the molecule is NC[C@H]1O[C@@H](O)[C@H](O)[C@@H](O)[C@H]1O. The third-order valence-electron chi connectivity index (χ3n) is 1.92. The molecule has 12 heavy (non-hydrogen) atoms. The Morgan fingerprint density at radius 3 is 2.08 bits per heavy atom. The molecule has 6 N–H and O–H groups in total. The lowest BCUT2D eigenvalue weighted by Crippen LogP contribution is -2.59. The average molecular weight is 179 g/mol. The van der Waals surface area contributed by atoms with Gasteiger partial charge in [-0.15, -0.1) is 0 Å². The maximum absolute atomic E-state index is 9.20. The van der Waals surface area contributed by atoms with Crippen LogP contribution in [0.2, 0.25) is 0 Å². The number of ether oxygens (including phenoxy) is 1. The zero-order valence-electron chi connectivity index (χ0n) is 6.37. The molecule has 0 spiro atoms. The molecule has 0 amide bonds. The fraction of sp³-hybridized carbons (Fsp3) is 1.00. The molecule has 5 atom stereocenters. The number of hydrogen-bond acceptors (Lipinski definition) is 6. The summed E-state index contributed by atoms with van der Waals surface area (Å²) in [6, 6.07) is 0. The van der Waals surface area contributed by atoms with Crippen LogP contribution in [0.1, 0.15) is 0 Å². The Morgan fingerprint density at radius 1 is 1.00 bits per heavy atom. The predicted molar refractivity (Wildman–Crippen MR) is 38.0 cm³/mol. The maximum Gasteiger partial charge on any atom is 0.184 e. The van der Waals surface area contributed by atoms with E-state index in [9.17, 15) is 5.11 Å². The van der Waals surface area contributed by atoms with E-state index in [1.54, 1.807) is 0 Å². The van der Waals surface area contributed by atoms with Crippen LogP contribution in [0.4, 0.5) is 0 Å². The van der Waals surface area contributed by atoms with Crippen molar-refractivity contribution in [1.29, 1.82) is 0 Å². The van der Waals surface area contributed by atoms with Gasteiger partial charge in [-0.25, -0.2) is 0 Å². The Hall–Kier alpha value is -0.240.